The zero-order chi connectivity index (χ0) is 28.8. The van der Waals surface area contributed by atoms with Crippen molar-refractivity contribution in [1.82, 2.24) is 9.80 Å². The van der Waals surface area contributed by atoms with E-state index < -0.39 is 5.92 Å². The molecule has 0 fully saturated rings. The lowest BCUT2D eigenvalue weighted by atomic mass is 9.89. The standard InChI is InChI=1S/C34H36N2O5/c1-24(2)19-36(34(38)33(27-10-6-4-7-11-27)28-12-8-5-9-13-28)22-32(37)35(21-29-16-14-25(3)41-29)20-26-15-17-30-31(18-26)40-23-39-30/h4-18,24,33H,19-23H2,1-3H3. The summed E-state index contributed by atoms with van der Waals surface area (Å²) in [5.41, 5.74) is 2.69. The minimum atomic E-state index is -0.515. The van der Waals surface area contributed by atoms with Gasteiger partial charge in [-0.05, 0) is 53.8 Å². The van der Waals surface area contributed by atoms with Gasteiger partial charge in [0, 0.05) is 13.1 Å². The molecule has 4 aromatic rings. The molecule has 0 saturated heterocycles. The van der Waals surface area contributed by atoms with Crippen LogP contribution in [0.25, 0.3) is 0 Å². The number of hydrogen-bond acceptors (Lipinski definition) is 5. The molecule has 3 aromatic carbocycles. The number of benzene rings is 3. The van der Waals surface area contributed by atoms with E-state index in [-0.39, 0.29) is 37.6 Å². The Bertz CT molecular complexity index is 1430. The van der Waals surface area contributed by atoms with Gasteiger partial charge in [-0.25, -0.2) is 0 Å². The second kappa shape index (κ2) is 12.8. The third-order valence-corrected chi connectivity index (χ3v) is 7.04. The fraction of sp³-hybridized carbons (Fsp3) is 0.294. The molecule has 0 unspecified atom stereocenters. The number of rotatable bonds is 11. The van der Waals surface area contributed by atoms with Gasteiger partial charge < -0.3 is 23.7 Å². The molecule has 5 rings (SSSR count). The molecular weight excluding hydrogens is 516 g/mol. The highest BCUT2D eigenvalue weighted by Gasteiger charge is 2.31. The number of hydrogen-bond donors (Lipinski definition) is 0. The third kappa shape index (κ3) is 6.98. The first-order chi connectivity index (χ1) is 19.9. The predicted octanol–water partition coefficient (Wildman–Crippen LogP) is 6.16. The molecule has 1 aromatic heterocycles. The second-order valence-corrected chi connectivity index (χ2v) is 10.8. The van der Waals surface area contributed by atoms with Crippen LogP contribution in [0, 0.1) is 12.8 Å². The van der Waals surface area contributed by atoms with E-state index in [4.69, 9.17) is 13.9 Å². The Morgan fingerprint density at radius 3 is 2.05 bits per heavy atom. The molecule has 0 aliphatic carbocycles. The molecule has 1 aliphatic rings. The first-order valence-electron chi connectivity index (χ1n) is 14.0. The van der Waals surface area contributed by atoms with Crippen LogP contribution in [0.2, 0.25) is 0 Å². The molecule has 0 N–H and O–H groups in total. The van der Waals surface area contributed by atoms with Crippen LogP contribution in [-0.2, 0) is 22.7 Å². The molecule has 0 spiro atoms. The van der Waals surface area contributed by atoms with Gasteiger partial charge in [0.2, 0.25) is 18.6 Å². The maximum atomic E-state index is 14.3. The van der Waals surface area contributed by atoms with Crippen LogP contribution in [0.3, 0.4) is 0 Å². The summed E-state index contributed by atoms with van der Waals surface area (Å²) in [7, 11) is 0. The molecule has 41 heavy (non-hydrogen) atoms. The van der Waals surface area contributed by atoms with Gasteiger partial charge in [0.05, 0.1) is 19.0 Å². The van der Waals surface area contributed by atoms with Gasteiger partial charge in [0.15, 0.2) is 11.5 Å². The molecule has 7 nitrogen and oxygen atoms in total. The maximum Gasteiger partial charge on any atom is 0.242 e. The Balaban J connectivity index is 1.43. The Labute approximate surface area is 241 Å². The van der Waals surface area contributed by atoms with Crippen LogP contribution in [0.15, 0.2) is 95.4 Å². The van der Waals surface area contributed by atoms with Crippen LogP contribution in [0.5, 0.6) is 11.5 Å². The average molecular weight is 553 g/mol. The fourth-order valence-electron chi connectivity index (χ4n) is 5.14. The van der Waals surface area contributed by atoms with E-state index >= 15 is 0 Å². The molecule has 2 amide bonds. The van der Waals surface area contributed by atoms with Crippen molar-refractivity contribution in [3.63, 3.8) is 0 Å². The van der Waals surface area contributed by atoms with Crippen molar-refractivity contribution in [2.24, 2.45) is 5.92 Å². The van der Waals surface area contributed by atoms with Crippen LogP contribution in [-0.4, -0.2) is 41.5 Å². The molecular formula is C34H36N2O5. The molecule has 212 valence electrons. The Morgan fingerprint density at radius 1 is 0.780 bits per heavy atom. The van der Waals surface area contributed by atoms with Gasteiger partial charge in [-0.3, -0.25) is 9.59 Å². The number of ether oxygens (including phenoxy) is 2. The SMILES string of the molecule is Cc1ccc(CN(Cc2ccc3c(c2)OCO3)C(=O)CN(CC(C)C)C(=O)C(c2ccccc2)c2ccccc2)o1. The summed E-state index contributed by atoms with van der Waals surface area (Å²) < 4.78 is 16.8. The van der Waals surface area contributed by atoms with Gasteiger partial charge in [0.25, 0.3) is 0 Å². The molecule has 0 atom stereocenters. The lowest BCUT2D eigenvalue weighted by molar-refractivity contribution is -0.142. The number of carbonyl (C=O) groups is 2. The van der Waals surface area contributed by atoms with Gasteiger partial charge in [-0.15, -0.1) is 0 Å². The van der Waals surface area contributed by atoms with Crippen molar-refractivity contribution in [2.75, 3.05) is 19.9 Å². The zero-order valence-electron chi connectivity index (χ0n) is 23.8. The summed E-state index contributed by atoms with van der Waals surface area (Å²) in [6.45, 7) is 7.20. The lowest BCUT2D eigenvalue weighted by Crippen LogP contribution is -2.45. The highest BCUT2D eigenvalue weighted by atomic mass is 16.7. The van der Waals surface area contributed by atoms with E-state index in [9.17, 15) is 9.59 Å². The molecule has 7 heteroatoms. The minimum absolute atomic E-state index is 0.0442. The van der Waals surface area contributed by atoms with Gasteiger partial charge in [-0.1, -0.05) is 80.6 Å². The molecule has 0 radical (unpaired) electrons. The number of fused-ring (bicyclic) bond motifs is 1. The number of carbonyl (C=O) groups excluding carboxylic acids is 2. The minimum Gasteiger partial charge on any atom is -0.464 e. The number of nitrogens with zero attached hydrogens (tertiary/aromatic N) is 2. The third-order valence-electron chi connectivity index (χ3n) is 7.04. The van der Waals surface area contributed by atoms with Gasteiger partial charge in [0.1, 0.15) is 11.5 Å². The van der Waals surface area contributed by atoms with Crippen molar-refractivity contribution in [2.45, 2.75) is 39.8 Å². The predicted molar refractivity (Wildman–Crippen MR) is 156 cm³/mol. The Kier molecular flexibility index (Phi) is 8.73. The van der Waals surface area contributed by atoms with Crippen LogP contribution >= 0.6 is 0 Å². The van der Waals surface area contributed by atoms with E-state index in [0.717, 1.165) is 22.5 Å². The summed E-state index contributed by atoms with van der Waals surface area (Å²) in [6, 6.07) is 29.0. The maximum absolute atomic E-state index is 14.3. The van der Waals surface area contributed by atoms with Gasteiger partial charge >= 0.3 is 0 Å². The van der Waals surface area contributed by atoms with Crippen molar-refractivity contribution < 1.29 is 23.5 Å². The fourth-order valence-corrected chi connectivity index (χ4v) is 5.14. The summed E-state index contributed by atoms with van der Waals surface area (Å²) >= 11 is 0. The summed E-state index contributed by atoms with van der Waals surface area (Å²) in [4.78, 5) is 31.7. The lowest BCUT2D eigenvalue weighted by Gasteiger charge is -2.31. The molecule has 0 saturated carbocycles. The summed E-state index contributed by atoms with van der Waals surface area (Å²) in [5, 5.41) is 0. The Morgan fingerprint density at radius 2 is 1.44 bits per heavy atom. The Hall–Kier alpha value is -4.52. The van der Waals surface area contributed by atoms with Crippen molar-refractivity contribution >= 4 is 11.8 Å². The highest BCUT2D eigenvalue weighted by Crippen LogP contribution is 2.33. The number of amides is 2. The first kappa shape index (κ1) is 28.0. The summed E-state index contributed by atoms with van der Waals surface area (Å²) in [6.07, 6.45) is 0. The second-order valence-electron chi connectivity index (χ2n) is 10.8. The normalized spacial score (nSPS) is 12.1. The highest BCUT2D eigenvalue weighted by molar-refractivity contribution is 5.91. The summed E-state index contributed by atoms with van der Waals surface area (Å²) in [5.74, 6) is 2.22. The topological polar surface area (TPSA) is 72.2 Å². The van der Waals surface area contributed by atoms with E-state index in [1.165, 1.54) is 0 Å². The quantitative estimate of drug-likeness (QED) is 0.223. The van der Waals surface area contributed by atoms with E-state index in [1.807, 2.05) is 97.9 Å². The monoisotopic (exact) mass is 552 g/mol. The van der Waals surface area contributed by atoms with Gasteiger partial charge in [-0.2, -0.15) is 0 Å². The average Bonchev–Trinajstić information content (AvgIpc) is 3.61. The smallest absolute Gasteiger partial charge is 0.242 e. The molecule has 1 aliphatic heterocycles. The number of furan rings is 1. The first-order valence-corrected chi connectivity index (χ1v) is 14.0. The number of aryl methyl sites for hydroxylation is 1. The van der Waals surface area contributed by atoms with Crippen LogP contribution in [0.4, 0.5) is 0 Å². The molecule has 2 heterocycles. The van der Waals surface area contributed by atoms with Crippen molar-refractivity contribution in [1.29, 1.82) is 0 Å². The van der Waals surface area contributed by atoms with E-state index in [0.29, 0.717) is 30.3 Å². The zero-order valence-corrected chi connectivity index (χ0v) is 23.8. The van der Waals surface area contributed by atoms with Crippen molar-refractivity contribution in [3.8, 4) is 11.5 Å². The van der Waals surface area contributed by atoms with Crippen molar-refractivity contribution in [3.05, 3.63) is 119 Å². The molecule has 0 bridgehead atoms. The van der Waals surface area contributed by atoms with Crippen LogP contribution in [0.1, 0.15) is 48.0 Å². The van der Waals surface area contributed by atoms with E-state index in [1.54, 1.807) is 9.80 Å². The largest absolute Gasteiger partial charge is 0.464 e. The van der Waals surface area contributed by atoms with E-state index in [2.05, 4.69) is 13.8 Å². The van der Waals surface area contributed by atoms with Crippen LogP contribution < -0.4 is 9.47 Å².